The topological polar surface area (TPSA) is 26.3 Å². The molecule has 0 aliphatic heterocycles. The fourth-order valence-electron chi connectivity index (χ4n) is 2.93. The quantitative estimate of drug-likeness (QED) is 0.744. The number of hydrogen-bond donors (Lipinski definition) is 0. The molecule has 1 aliphatic carbocycles. The lowest BCUT2D eigenvalue weighted by atomic mass is 9.63. The van der Waals surface area contributed by atoms with Crippen molar-refractivity contribution in [2.75, 3.05) is 6.61 Å². The van der Waals surface area contributed by atoms with Crippen LogP contribution in [-0.4, -0.2) is 12.6 Å². The Hall–Kier alpha value is -1.31. The molecule has 2 nitrogen and oxygen atoms in total. The van der Waals surface area contributed by atoms with E-state index in [1.54, 1.807) is 0 Å². The molecular weight excluding hydrogens is 236 g/mol. The predicted molar refractivity (Wildman–Crippen MR) is 77.7 cm³/mol. The fraction of sp³-hybridized carbons (Fsp3) is 0.588. The minimum absolute atomic E-state index is 0.132. The molecule has 1 aliphatic rings. The molecule has 0 aromatic heterocycles. The molecular formula is C17H24O2. The highest BCUT2D eigenvalue weighted by atomic mass is 16.5. The molecule has 0 amide bonds. The van der Waals surface area contributed by atoms with Gasteiger partial charge in [0.1, 0.15) is 0 Å². The highest BCUT2D eigenvalue weighted by molar-refractivity contribution is 5.89. The van der Waals surface area contributed by atoms with E-state index in [-0.39, 0.29) is 16.8 Å². The minimum Gasteiger partial charge on any atom is -0.462 e. The molecule has 0 saturated carbocycles. The number of fused-ring (bicyclic) bond motifs is 1. The van der Waals surface area contributed by atoms with Crippen molar-refractivity contribution in [1.29, 1.82) is 0 Å². The third-order valence-corrected chi connectivity index (χ3v) is 4.36. The highest BCUT2D eigenvalue weighted by Gasteiger charge is 2.37. The van der Waals surface area contributed by atoms with Crippen LogP contribution in [0.1, 0.15) is 68.9 Å². The number of ether oxygens (including phenoxy) is 1. The zero-order valence-corrected chi connectivity index (χ0v) is 12.7. The summed E-state index contributed by atoms with van der Waals surface area (Å²) in [6.45, 7) is 11.3. The van der Waals surface area contributed by atoms with Crippen LogP contribution in [0.2, 0.25) is 0 Å². The van der Waals surface area contributed by atoms with E-state index in [1.807, 2.05) is 19.1 Å². The predicted octanol–water partition coefficient (Wildman–Crippen LogP) is 4.21. The van der Waals surface area contributed by atoms with Crippen molar-refractivity contribution >= 4 is 5.97 Å². The van der Waals surface area contributed by atoms with E-state index >= 15 is 0 Å². The van der Waals surface area contributed by atoms with Crippen molar-refractivity contribution in [3.05, 3.63) is 34.9 Å². The third kappa shape index (κ3) is 2.54. The summed E-state index contributed by atoms with van der Waals surface area (Å²) in [5, 5.41) is 0. The first kappa shape index (κ1) is 14.1. The number of esters is 1. The first-order valence-electron chi connectivity index (χ1n) is 7.10. The van der Waals surface area contributed by atoms with Crippen LogP contribution in [-0.2, 0) is 15.6 Å². The first-order chi connectivity index (χ1) is 8.78. The molecule has 1 aromatic carbocycles. The van der Waals surface area contributed by atoms with Crippen molar-refractivity contribution < 1.29 is 9.53 Å². The largest absolute Gasteiger partial charge is 0.462 e. The lowest BCUT2D eigenvalue weighted by Crippen LogP contribution is -2.34. The van der Waals surface area contributed by atoms with Gasteiger partial charge in [-0.3, -0.25) is 0 Å². The zero-order valence-electron chi connectivity index (χ0n) is 12.7. The fourth-order valence-corrected chi connectivity index (χ4v) is 2.93. The Bertz CT molecular complexity index is 498. The van der Waals surface area contributed by atoms with Gasteiger partial charge in [0.15, 0.2) is 0 Å². The molecule has 0 heterocycles. The molecule has 1 aromatic rings. The lowest BCUT2D eigenvalue weighted by Gasteiger charge is -2.41. The number of carbonyl (C=O) groups is 1. The van der Waals surface area contributed by atoms with Gasteiger partial charge < -0.3 is 4.74 Å². The molecule has 0 atom stereocenters. The van der Waals surface area contributed by atoms with Gasteiger partial charge in [-0.2, -0.15) is 0 Å². The Morgan fingerprint density at radius 3 is 2.26 bits per heavy atom. The Kier molecular flexibility index (Phi) is 3.46. The van der Waals surface area contributed by atoms with Gasteiger partial charge in [-0.15, -0.1) is 0 Å². The van der Waals surface area contributed by atoms with Gasteiger partial charge in [0.2, 0.25) is 0 Å². The normalized spacial score (nSPS) is 19.6. The van der Waals surface area contributed by atoms with E-state index in [0.29, 0.717) is 12.2 Å². The summed E-state index contributed by atoms with van der Waals surface area (Å²) in [4.78, 5) is 11.9. The van der Waals surface area contributed by atoms with Crippen LogP contribution in [0, 0.1) is 0 Å². The van der Waals surface area contributed by atoms with Gasteiger partial charge in [0.25, 0.3) is 0 Å². The molecule has 0 radical (unpaired) electrons. The maximum Gasteiger partial charge on any atom is 0.338 e. The van der Waals surface area contributed by atoms with Gasteiger partial charge in [0, 0.05) is 0 Å². The summed E-state index contributed by atoms with van der Waals surface area (Å²) < 4.78 is 5.10. The van der Waals surface area contributed by atoms with Crippen molar-refractivity contribution in [2.45, 2.75) is 58.3 Å². The standard InChI is InChI=1S/C17H24O2/c1-6-19-15(18)12-7-8-13-14(11-12)17(4,5)10-9-16(13,2)3/h7-8,11H,6,9-10H2,1-5H3. The molecule has 0 bridgehead atoms. The average molecular weight is 260 g/mol. The van der Waals surface area contributed by atoms with Crippen LogP contribution >= 0.6 is 0 Å². The lowest BCUT2D eigenvalue weighted by molar-refractivity contribution is 0.0526. The van der Waals surface area contributed by atoms with Gasteiger partial charge in [-0.05, 0) is 53.9 Å². The summed E-state index contributed by atoms with van der Waals surface area (Å²) in [6, 6.07) is 6.05. The number of benzene rings is 1. The number of hydrogen-bond acceptors (Lipinski definition) is 2. The molecule has 0 unspecified atom stereocenters. The van der Waals surface area contributed by atoms with Crippen LogP contribution in [0.25, 0.3) is 0 Å². The Morgan fingerprint density at radius 2 is 1.68 bits per heavy atom. The Labute approximate surface area is 116 Å². The second-order valence-electron chi connectivity index (χ2n) is 6.75. The second-order valence-corrected chi connectivity index (χ2v) is 6.75. The summed E-state index contributed by atoms with van der Waals surface area (Å²) in [7, 11) is 0. The van der Waals surface area contributed by atoms with E-state index < -0.39 is 0 Å². The van der Waals surface area contributed by atoms with Crippen molar-refractivity contribution in [1.82, 2.24) is 0 Å². The van der Waals surface area contributed by atoms with Crippen LogP contribution < -0.4 is 0 Å². The molecule has 2 heteroatoms. The van der Waals surface area contributed by atoms with Crippen LogP contribution in [0.3, 0.4) is 0 Å². The van der Waals surface area contributed by atoms with Crippen LogP contribution in [0.4, 0.5) is 0 Å². The van der Waals surface area contributed by atoms with Gasteiger partial charge in [0.05, 0.1) is 12.2 Å². The van der Waals surface area contributed by atoms with Gasteiger partial charge in [-0.25, -0.2) is 4.79 Å². The third-order valence-electron chi connectivity index (χ3n) is 4.36. The zero-order chi connectivity index (χ0) is 14.3. The maximum atomic E-state index is 11.9. The molecule has 0 N–H and O–H groups in total. The van der Waals surface area contributed by atoms with Crippen molar-refractivity contribution in [3.63, 3.8) is 0 Å². The minimum atomic E-state index is -0.218. The SMILES string of the molecule is CCOC(=O)c1ccc2c(c1)C(C)(C)CCC2(C)C. The van der Waals surface area contributed by atoms with Gasteiger partial charge in [-0.1, -0.05) is 33.8 Å². The van der Waals surface area contributed by atoms with E-state index in [0.717, 1.165) is 6.42 Å². The van der Waals surface area contributed by atoms with Crippen molar-refractivity contribution in [2.24, 2.45) is 0 Å². The summed E-state index contributed by atoms with van der Waals surface area (Å²) in [6.07, 6.45) is 2.34. The van der Waals surface area contributed by atoms with E-state index in [9.17, 15) is 4.79 Å². The van der Waals surface area contributed by atoms with Crippen LogP contribution in [0.5, 0.6) is 0 Å². The number of rotatable bonds is 2. The number of carbonyl (C=O) groups excluding carboxylic acids is 1. The van der Waals surface area contributed by atoms with E-state index in [4.69, 9.17) is 4.74 Å². The molecule has 2 rings (SSSR count). The smallest absolute Gasteiger partial charge is 0.338 e. The molecule has 0 fully saturated rings. The summed E-state index contributed by atoms with van der Waals surface area (Å²) in [5.41, 5.74) is 3.67. The van der Waals surface area contributed by atoms with E-state index in [2.05, 4.69) is 33.8 Å². The van der Waals surface area contributed by atoms with Crippen molar-refractivity contribution in [3.8, 4) is 0 Å². The second kappa shape index (κ2) is 4.66. The van der Waals surface area contributed by atoms with E-state index in [1.165, 1.54) is 17.5 Å². The summed E-state index contributed by atoms with van der Waals surface area (Å²) in [5.74, 6) is -0.218. The van der Waals surface area contributed by atoms with Gasteiger partial charge >= 0.3 is 5.97 Å². The monoisotopic (exact) mass is 260 g/mol. The molecule has 0 saturated heterocycles. The first-order valence-corrected chi connectivity index (χ1v) is 7.10. The molecule has 0 spiro atoms. The van der Waals surface area contributed by atoms with Crippen LogP contribution in [0.15, 0.2) is 18.2 Å². The Morgan fingerprint density at radius 1 is 1.11 bits per heavy atom. The summed E-state index contributed by atoms with van der Waals surface area (Å²) >= 11 is 0. The highest BCUT2D eigenvalue weighted by Crippen LogP contribution is 2.45. The average Bonchev–Trinajstić information content (AvgIpc) is 2.35. The Balaban J connectivity index is 2.50. The molecule has 19 heavy (non-hydrogen) atoms. The maximum absolute atomic E-state index is 11.9. The molecule has 104 valence electrons.